The number of aryl methyl sites for hydroxylation is 2. The van der Waals surface area contributed by atoms with E-state index >= 15 is 0 Å². The Morgan fingerprint density at radius 2 is 1.85 bits per heavy atom. The Labute approximate surface area is 155 Å². The highest BCUT2D eigenvalue weighted by molar-refractivity contribution is 8.18. The van der Waals surface area contributed by atoms with Crippen molar-refractivity contribution in [1.29, 1.82) is 0 Å². The number of thioether (sulfide) groups is 1. The molecule has 1 saturated heterocycles. The van der Waals surface area contributed by atoms with E-state index in [9.17, 15) is 14.9 Å². The molecule has 1 fully saturated rings. The van der Waals surface area contributed by atoms with E-state index in [0.717, 1.165) is 11.3 Å². The van der Waals surface area contributed by atoms with E-state index in [1.54, 1.807) is 32.2 Å². The summed E-state index contributed by atoms with van der Waals surface area (Å²) < 4.78 is 0. The summed E-state index contributed by atoms with van der Waals surface area (Å²) in [6, 6.07) is 12.6. The van der Waals surface area contributed by atoms with Crippen LogP contribution in [0.2, 0.25) is 0 Å². The third kappa shape index (κ3) is 3.67. The third-order valence-corrected chi connectivity index (χ3v) is 5.05. The molecule has 1 amide bonds. The molecule has 1 heterocycles. The van der Waals surface area contributed by atoms with Gasteiger partial charge < -0.3 is 0 Å². The summed E-state index contributed by atoms with van der Waals surface area (Å²) >= 11 is 1.26. The molecular formula is C19H17N3O3S. The minimum atomic E-state index is -0.419. The van der Waals surface area contributed by atoms with Crippen molar-refractivity contribution < 1.29 is 9.72 Å². The van der Waals surface area contributed by atoms with Crippen molar-refractivity contribution in [2.24, 2.45) is 4.99 Å². The molecule has 0 saturated carbocycles. The van der Waals surface area contributed by atoms with Crippen LogP contribution >= 0.6 is 11.8 Å². The summed E-state index contributed by atoms with van der Waals surface area (Å²) in [6.45, 7) is 3.68. The molecule has 0 atom stereocenters. The Hall–Kier alpha value is -2.93. The van der Waals surface area contributed by atoms with E-state index in [2.05, 4.69) is 4.99 Å². The molecule has 0 N–H and O–H groups in total. The number of amidine groups is 1. The van der Waals surface area contributed by atoms with E-state index in [1.165, 1.54) is 22.7 Å². The monoisotopic (exact) mass is 367 g/mol. The topological polar surface area (TPSA) is 75.8 Å². The Balaban J connectivity index is 1.91. The summed E-state index contributed by atoms with van der Waals surface area (Å²) in [6.07, 6.45) is 1.66. The van der Waals surface area contributed by atoms with Crippen LogP contribution in [0.4, 0.5) is 11.4 Å². The van der Waals surface area contributed by atoms with Gasteiger partial charge in [0, 0.05) is 18.7 Å². The van der Waals surface area contributed by atoms with Gasteiger partial charge in [0.2, 0.25) is 0 Å². The maximum absolute atomic E-state index is 12.5. The van der Waals surface area contributed by atoms with E-state index in [0.29, 0.717) is 21.2 Å². The minimum absolute atomic E-state index is 0.0386. The number of rotatable bonds is 3. The predicted octanol–water partition coefficient (Wildman–Crippen LogP) is 4.45. The van der Waals surface area contributed by atoms with Gasteiger partial charge in [-0.15, -0.1) is 0 Å². The molecule has 2 aromatic carbocycles. The van der Waals surface area contributed by atoms with Crippen molar-refractivity contribution in [3.8, 4) is 0 Å². The summed E-state index contributed by atoms with van der Waals surface area (Å²) in [7, 11) is 1.67. The van der Waals surface area contributed by atoms with Gasteiger partial charge in [0.25, 0.3) is 11.6 Å². The fourth-order valence-corrected chi connectivity index (χ4v) is 3.43. The molecule has 0 spiro atoms. The summed E-state index contributed by atoms with van der Waals surface area (Å²) in [4.78, 5) is 29.6. The Morgan fingerprint density at radius 3 is 2.50 bits per heavy atom. The first-order valence-corrected chi connectivity index (χ1v) is 8.75. The maximum atomic E-state index is 12.5. The normalized spacial score (nSPS) is 17.3. The molecule has 3 rings (SSSR count). The largest absolute Gasteiger partial charge is 0.290 e. The van der Waals surface area contributed by atoms with Gasteiger partial charge in [-0.1, -0.05) is 29.8 Å². The highest BCUT2D eigenvalue weighted by Gasteiger charge is 2.30. The van der Waals surface area contributed by atoms with Gasteiger partial charge in [-0.3, -0.25) is 19.8 Å². The van der Waals surface area contributed by atoms with Crippen LogP contribution < -0.4 is 0 Å². The van der Waals surface area contributed by atoms with Gasteiger partial charge in [0.1, 0.15) is 0 Å². The highest BCUT2D eigenvalue weighted by Crippen LogP contribution is 2.33. The quantitative estimate of drug-likeness (QED) is 0.456. The van der Waals surface area contributed by atoms with E-state index in [1.807, 2.05) is 31.2 Å². The standard InChI is InChI=1S/C19H17N3O3S/c1-12-4-8-15(9-5-12)20-19-21(3)18(23)17(26-19)11-14-7-6-13(2)16(10-14)22(24)25/h4-11H,1-3H3/b17-11+,20-19?. The molecule has 7 heteroatoms. The molecule has 132 valence electrons. The molecule has 0 unspecified atom stereocenters. The smallest absolute Gasteiger partial charge is 0.272 e. The van der Waals surface area contributed by atoms with Crippen LogP contribution in [0.15, 0.2) is 52.4 Å². The fraction of sp³-hybridized carbons (Fsp3) is 0.158. The van der Waals surface area contributed by atoms with Crippen LogP contribution in [0.25, 0.3) is 6.08 Å². The van der Waals surface area contributed by atoms with Crippen LogP contribution in [-0.4, -0.2) is 27.9 Å². The van der Waals surface area contributed by atoms with E-state index in [4.69, 9.17) is 0 Å². The van der Waals surface area contributed by atoms with Crippen LogP contribution in [0.3, 0.4) is 0 Å². The lowest BCUT2D eigenvalue weighted by molar-refractivity contribution is -0.385. The van der Waals surface area contributed by atoms with Gasteiger partial charge in [0.15, 0.2) is 5.17 Å². The lowest BCUT2D eigenvalue weighted by atomic mass is 10.1. The molecule has 6 nitrogen and oxygen atoms in total. The number of amides is 1. The molecule has 0 radical (unpaired) electrons. The summed E-state index contributed by atoms with van der Waals surface area (Å²) in [5.74, 6) is -0.177. The number of carbonyl (C=O) groups is 1. The van der Waals surface area contributed by atoms with Gasteiger partial charge in [-0.2, -0.15) is 0 Å². The number of hydrogen-bond donors (Lipinski definition) is 0. The second-order valence-electron chi connectivity index (χ2n) is 6.01. The summed E-state index contributed by atoms with van der Waals surface area (Å²) in [5, 5.41) is 11.7. The van der Waals surface area contributed by atoms with Crippen molar-refractivity contribution in [3.63, 3.8) is 0 Å². The number of benzene rings is 2. The first-order chi connectivity index (χ1) is 12.3. The average molecular weight is 367 g/mol. The van der Waals surface area contributed by atoms with Gasteiger partial charge in [-0.05, 0) is 49.4 Å². The SMILES string of the molecule is Cc1ccc(N=C2S/C(=C/c3ccc(C)c([N+](=O)[O-])c3)C(=O)N2C)cc1. The zero-order valence-corrected chi connectivity index (χ0v) is 15.4. The van der Waals surface area contributed by atoms with Gasteiger partial charge in [0.05, 0.1) is 15.5 Å². The molecule has 0 aliphatic carbocycles. The lowest BCUT2D eigenvalue weighted by Crippen LogP contribution is -2.23. The molecule has 26 heavy (non-hydrogen) atoms. The average Bonchev–Trinajstić information content (AvgIpc) is 2.86. The second-order valence-corrected chi connectivity index (χ2v) is 7.02. The highest BCUT2D eigenvalue weighted by atomic mass is 32.2. The number of nitro groups is 1. The Morgan fingerprint density at radius 1 is 1.15 bits per heavy atom. The Bertz CT molecular complexity index is 949. The van der Waals surface area contributed by atoms with Crippen LogP contribution in [0.5, 0.6) is 0 Å². The molecule has 1 aliphatic heterocycles. The number of nitrogens with zero attached hydrogens (tertiary/aromatic N) is 3. The van der Waals surface area contributed by atoms with Gasteiger partial charge >= 0.3 is 0 Å². The van der Waals surface area contributed by atoms with Crippen molar-refractivity contribution in [2.45, 2.75) is 13.8 Å². The van der Waals surface area contributed by atoms with Crippen molar-refractivity contribution in [2.75, 3.05) is 7.05 Å². The number of carbonyl (C=O) groups excluding carboxylic acids is 1. The number of nitro benzene ring substituents is 1. The molecule has 0 aromatic heterocycles. The van der Waals surface area contributed by atoms with Crippen molar-refractivity contribution >= 4 is 40.3 Å². The number of aliphatic imine (C=N–C) groups is 1. The first kappa shape index (κ1) is 17.9. The summed E-state index contributed by atoms with van der Waals surface area (Å²) in [5.41, 5.74) is 3.14. The molecule has 2 aromatic rings. The lowest BCUT2D eigenvalue weighted by Gasteiger charge is -2.07. The fourth-order valence-electron chi connectivity index (χ4n) is 2.45. The minimum Gasteiger partial charge on any atom is -0.290 e. The van der Waals surface area contributed by atoms with Crippen LogP contribution in [-0.2, 0) is 4.79 Å². The molecule has 1 aliphatic rings. The molecular weight excluding hydrogens is 350 g/mol. The predicted molar refractivity (Wildman–Crippen MR) is 104 cm³/mol. The second kappa shape index (κ2) is 7.13. The number of hydrogen-bond acceptors (Lipinski definition) is 5. The van der Waals surface area contributed by atoms with E-state index < -0.39 is 4.92 Å². The van der Waals surface area contributed by atoms with Crippen LogP contribution in [0.1, 0.15) is 16.7 Å². The maximum Gasteiger partial charge on any atom is 0.272 e. The number of likely N-dealkylation sites (N-methyl/N-ethyl adjacent to an activating group) is 1. The Kier molecular flexibility index (Phi) is 4.90. The third-order valence-electron chi connectivity index (χ3n) is 3.99. The van der Waals surface area contributed by atoms with Crippen LogP contribution in [0, 0.1) is 24.0 Å². The van der Waals surface area contributed by atoms with Crippen molar-refractivity contribution in [1.82, 2.24) is 4.90 Å². The van der Waals surface area contributed by atoms with Gasteiger partial charge in [-0.25, -0.2) is 4.99 Å². The van der Waals surface area contributed by atoms with E-state index in [-0.39, 0.29) is 11.6 Å². The van der Waals surface area contributed by atoms with Crippen molar-refractivity contribution in [3.05, 3.63) is 74.2 Å². The molecule has 0 bridgehead atoms. The zero-order valence-electron chi connectivity index (χ0n) is 14.6. The zero-order chi connectivity index (χ0) is 18.8. The first-order valence-electron chi connectivity index (χ1n) is 7.93.